The molecule has 0 unspecified atom stereocenters. The van der Waals surface area contributed by atoms with Crippen molar-refractivity contribution < 1.29 is 0 Å². The third-order valence-electron chi connectivity index (χ3n) is 4.55. The lowest BCUT2D eigenvalue weighted by atomic mass is 9.85. The topological polar surface area (TPSA) is 74.4 Å². The van der Waals surface area contributed by atoms with Crippen LogP contribution in [-0.2, 0) is 18.6 Å². The average molecular weight is 332 g/mol. The molecule has 2 aromatic heterocycles. The highest BCUT2D eigenvalue weighted by Crippen LogP contribution is 2.27. The van der Waals surface area contributed by atoms with Crippen molar-refractivity contribution in [3.8, 4) is 0 Å². The fourth-order valence-electron chi connectivity index (χ4n) is 3.30. The van der Waals surface area contributed by atoms with Crippen LogP contribution in [0.2, 0.25) is 0 Å². The van der Waals surface area contributed by atoms with Gasteiger partial charge < -0.3 is 4.98 Å². The van der Waals surface area contributed by atoms with E-state index in [-0.39, 0.29) is 5.56 Å². The molecule has 5 nitrogen and oxygen atoms in total. The second-order valence-electron chi connectivity index (χ2n) is 6.21. The number of aromatic amines is 2. The molecule has 0 atom stereocenters. The van der Waals surface area contributed by atoms with Crippen LogP contribution in [0.3, 0.4) is 0 Å². The maximum absolute atomic E-state index is 12.4. The maximum Gasteiger partial charge on any atom is 0.254 e. The Balaban J connectivity index is 1.76. The molecule has 0 aromatic carbocycles. The molecule has 1 aliphatic rings. The van der Waals surface area contributed by atoms with Gasteiger partial charge in [-0.3, -0.25) is 9.89 Å². The lowest BCUT2D eigenvalue weighted by molar-refractivity contribution is 0.352. The van der Waals surface area contributed by atoms with Crippen molar-refractivity contribution in [2.75, 3.05) is 0 Å². The zero-order valence-corrected chi connectivity index (χ0v) is 14.4. The van der Waals surface area contributed by atoms with Gasteiger partial charge in [-0.15, -0.1) is 0 Å². The minimum atomic E-state index is 0.0258. The van der Waals surface area contributed by atoms with E-state index in [4.69, 9.17) is 4.98 Å². The van der Waals surface area contributed by atoms with E-state index in [1.54, 1.807) is 6.20 Å². The number of hydrogen-bond donors (Lipinski definition) is 2. The summed E-state index contributed by atoms with van der Waals surface area (Å²) in [6, 6.07) is 1.94. The molecule has 0 radical (unpaired) electrons. The van der Waals surface area contributed by atoms with Crippen LogP contribution in [0.5, 0.6) is 0 Å². The molecule has 0 aliphatic heterocycles. The van der Waals surface area contributed by atoms with Gasteiger partial charge in [-0.25, -0.2) is 4.98 Å². The predicted molar refractivity (Wildman–Crippen MR) is 92.7 cm³/mol. The normalized spacial score (nSPS) is 15.9. The minimum Gasteiger partial charge on any atom is -0.301 e. The molecular weight excluding hydrogens is 308 g/mol. The Hall–Kier alpha value is -1.56. The van der Waals surface area contributed by atoms with Crippen molar-refractivity contribution >= 4 is 11.8 Å². The first-order chi connectivity index (χ1) is 11.3. The molecule has 2 aromatic rings. The van der Waals surface area contributed by atoms with E-state index in [9.17, 15) is 4.79 Å². The molecule has 0 amide bonds. The summed E-state index contributed by atoms with van der Waals surface area (Å²) in [4.78, 5) is 20.1. The summed E-state index contributed by atoms with van der Waals surface area (Å²) in [5.74, 6) is 1.40. The number of thioether (sulfide) groups is 1. The van der Waals surface area contributed by atoms with Crippen LogP contribution in [0.1, 0.15) is 56.0 Å². The van der Waals surface area contributed by atoms with Crippen LogP contribution in [0.4, 0.5) is 0 Å². The molecule has 1 saturated carbocycles. The summed E-state index contributed by atoms with van der Waals surface area (Å²) in [5, 5.41) is 7.65. The number of hydrogen-bond acceptors (Lipinski definition) is 4. The zero-order valence-electron chi connectivity index (χ0n) is 13.6. The number of aromatic nitrogens is 4. The Morgan fingerprint density at radius 2 is 2.13 bits per heavy atom. The molecule has 0 spiro atoms. The van der Waals surface area contributed by atoms with Gasteiger partial charge in [0.15, 0.2) is 5.16 Å². The Morgan fingerprint density at radius 3 is 2.83 bits per heavy atom. The quantitative estimate of drug-likeness (QED) is 0.627. The standard InChI is InChI=1S/C17H24N4OS/c1-2-14-15(10-12-6-4-3-5-7-12)19-17(20-16(14)22)23-11-13-8-9-18-21-13/h8-9,12H,2-7,10-11H2,1H3,(H,18,21)(H,19,20,22). The average Bonchev–Trinajstić information content (AvgIpc) is 3.07. The molecule has 0 saturated heterocycles. The number of nitrogens with one attached hydrogen (secondary N) is 2. The van der Waals surface area contributed by atoms with E-state index < -0.39 is 0 Å². The van der Waals surface area contributed by atoms with Crippen LogP contribution < -0.4 is 5.56 Å². The summed E-state index contributed by atoms with van der Waals surface area (Å²) in [6.45, 7) is 2.03. The first kappa shape index (κ1) is 16.3. The van der Waals surface area contributed by atoms with Crippen LogP contribution in [-0.4, -0.2) is 20.2 Å². The van der Waals surface area contributed by atoms with Gasteiger partial charge in [0, 0.05) is 17.5 Å². The Labute approximate surface area is 140 Å². The Kier molecular flexibility index (Phi) is 5.54. The van der Waals surface area contributed by atoms with Crippen LogP contribution in [0.15, 0.2) is 22.2 Å². The highest BCUT2D eigenvalue weighted by molar-refractivity contribution is 7.98. The molecule has 1 aliphatic carbocycles. The van der Waals surface area contributed by atoms with Crippen molar-refractivity contribution in [1.29, 1.82) is 0 Å². The van der Waals surface area contributed by atoms with E-state index >= 15 is 0 Å². The largest absolute Gasteiger partial charge is 0.301 e. The van der Waals surface area contributed by atoms with Gasteiger partial charge in [-0.05, 0) is 24.8 Å². The van der Waals surface area contributed by atoms with E-state index in [0.29, 0.717) is 16.8 Å². The summed E-state index contributed by atoms with van der Waals surface area (Å²) in [5.41, 5.74) is 2.86. The monoisotopic (exact) mass is 332 g/mol. The lowest BCUT2D eigenvalue weighted by Crippen LogP contribution is -2.21. The second-order valence-corrected chi connectivity index (χ2v) is 7.18. The molecule has 23 heavy (non-hydrogen) atoms. The van der Waals surface area contributed by atoms with E-state index in [1.165, 1.54) is 43.9 Å². The van der Waals surface area contributed by atoms with Gasteiger partial charge >= 0.3 is 0 Å². The third-order valence-corrected chi connectivity index (χ3v) is 5.46. The van der Waals surface area contributed by atoms with Crippen LogP contribution in [0.25, 0.3) is 0 Å². The molecule has 2 heterocycles. The zero-order chi connectivity index (χ0) is 16.1. The van der Waals surface area contributed by atoms with Gasteiger partial charge in [0.25, 0.3) is 5.56 Å². The first-order valence-electron chi connectivity index (χ1n) is 8.49. The number of rotatable bonds is 6. The fraction of sp³-hybridized carbons (Fsp3) is 0.588. The molecule has 124 valence electrons. The third kappa shape index (κ3) is 4.25. The molecular formula is C17H24N4OS. The second kappa shape index (κ2) is 7.81. The summed E-state index contributed by atoms with van der Waals surface area (Å²) in [7, 11) is 0. The molecule has 0 bridgehead atoms. The van der Waals surface area contributed by atoms with Gasteiger partial charge in [0.2, 0.25) is 0 Å². The van der Waals surface area contributed by atoms with Crippen LogP contribution >= 0.6 is 11.8 Å². The van der Waals surface area contributed by atoms with Gasteiger partial charge in [-0.1, -0.05) is 50.8 Å². The van der Waals surface area contributed by atoms with Crippen molar-refractivity contribution in [2.24, 2.45) is 5.92 Å². The maximum atomic E-state index is 12.4. The van der Waals surface area contributed by atoms with Crippen molar-refractivity contribution in [3.05, 3.63) is 39.6 Å². The Bertz CT molecular complexity index is 674. The number of H-pyrrole nitrogens is 2. The first-order valence-corrected chi connectivity index (χ1v) is 9.48. The van der Waals surface area contributed by atoms with E-state index in [1.807, 2.05) is 13.0 Å². The molecule has 3 rings (SSSR count). The Morgan fingerprint density at radius 1 is 1.30 bits per heavy atom. The molecule has 6 heteroatoms. The van der Waals surface area contributed by atoms with Crippen molar-refractivity contribution in [3.63, 3.8) is 0 Å². The van der Waals surface area contributed by atoms with Gasteiger partial charge in [0.05, 0.1) is 11.4 Å². The highest BCUT2D eigenvalue weighted by atomic mass is 32.2. The number of nitrogens with zero attached hydrogens (tertiary/aromatic N) is 2. The summed E-state index contributed by atoms with van der Waals surface area (Å²) < 4.78 is 0. The predicted octanol–water partition coefficient (Wildman–Crippen LogP) is 3.47. The lowest BCUT2D eigenvalue weighted by Gasteiger charge is -2.22. The van der Waals surface area contributed by atoms with Crippen molar-refractivity contribution in [1.82, 2.24) is 20.2 Å². The van der Waals surface area contributed by atoms with E-state index in [2.05, 4.69) is 15.2 Å². The molecule has 1 fully saturated rings. The fourth-order valence-corrected chi connectivity index (χ4v) is 4.09. The minimum absolute atomic E-state index is 0.0258. The summed E-state index contributed by atoms with van der Waals surface area (Å²) >= 11 is 1.54. The van der Waals surface area contributed by atoms with Gasteiger partial charge in [-0.2, -0.15) is 5.10 Å². The summed E-state index contributed by atoms with van der Waals surface area (Å²) in [6.07, 6.45) is 10.0. The van der Waals surface area contributed by atoms with Crippen LogP contribution in [0, 0.1) is 5.92 Å². The van der Waals surface area contributed by atoms with E-state index in [0.717, 1.165) is 29.8 Å². The van der Waals surface area contributed by atoms with Gasteiger partial charge in [0.1, 0.15) is 0 Å². The SMILES string of the molecule is CCc1c(CC2CCCCC2)nc(SCc2cc[nH]n2)[nH]c1=O. The smallest absolute Gasteiger partial charge is 0.254 e. The van der Waals surface area contributed by atoms with Crippen molar-refractivity contribution in [2.45, 2.75) is 62.8 Å². The molecule has 2 N–H and O–H groups in total. The highest BCUT2D eigenvalue weighted by Gasteiger charge is 2.18.